The highest BCUT2D eigenvalue weighted by Gasteiger charge is 2.42. The second-order valence-electron chi connectivity index (χ2n) is 4.15. The minimum Gasteiger partial charge on any atom is -0.302 e. The second kappa shape index (κ2) is 3.02. The molecule has 0 saturated heterocycles. The van der Waals surface area contributed by atoms with Crippen LogP contribution in [0.25, 0.3) is 0 Å². The molecule has 14 heavy (non-hydrogen) atoms. The highest BCUT2D eigenvalue weighted by Crippen LogP contribution is 2.49. The number of aryl methyl sites for hydroxylation is 1. The highest BCUT2D eigenvalue weighted by molar-refractivity contribution is 5.00. The van der Waals surface area contributed by atoms with Crippen LogP contribution in [0.3, 0.4) is 0 Å². The van der Waals surface area contributed by atoms with Crippen LogP contribution < -0.4 is 5.69 Å². The molecule has 1 aliphatic carbocycles. The third-order valence-electron chi connectivity index (χ3n) is 2.93. The Labute approximate surface area is 82.4 Å². The number of nitrogens with zero attached hydrogens (tertiary/aromatic N) is 3. The Balaban J connectivity index is 2.16. The van der Waals surface area contributed by atoms with Gasteiger partial charge >= 0.3 is 5.69 Å². The van der Waals surface area contributed by atoms with Crippen LogP contribution in [0.4, 0.5) is 0 Å². The fraction of sp³-hybridized carbons (Fsp3) is 0.600. The quantitative estimate of drug-likeness (QED) is 0.712. The van der Waals surface area contributed by atoms with E-state index in [4.69, 9.17) is 5.26 Å². The molecule has 0 N–H and O–H groups in total. The first-order valence-corrected chi connectivity index (χ1v) is 4.76. The van der Waals surface area contributed by atoms with Gasteiger partial charge in [-0.25, -0.2) is 4.79 Å². The van der Waals surface area contributed by atoms with Gasteiger partial charge in [-0.1, -0.05) is 0 Å². The average molecular weight is 191 g/mol. The van der Waals surface area contributed by atoms with Crippen LogP contribution in [0, 0.1) is 16.7 Å². The smallest absolute Gasteiger partial charge is 0.302 e. The molecular weight excluding hydrogens is 178 g/mol. The first kappa shape index (κ1) is 9.07. The molecule has 74 valence electrons. The molecule has 0 aliphatic heterocycles. The van der Waals surface area contributed by atoms with E-state index in [9.17, 15) is 4.79 Å². The lowest BCUT2D eigenvalue weighted by Crippen LogP contribution is -2.25. The van der Waals surface area contributed by atoms with Gasteiger partial charge in [-0.15, -0.1) is 0 Å². The van der Waals surface area contributed by atoms with Crippen LogP contribution in [0.15, 0.2) is 17.2 Å². The molecule has 1 aliphatic rings. The standard InChI is InChI=1S/C10H13N3O/c1-12-6-7-13(9(12)14)8-10(2-3-10)4-5-11/h6-7H,2-4,8H2,1H3. The summed E-state index contributed by atoms with van der Waals surface area (Å²) in [6.45, 7) is 0.695. The van der Waals surface area contributed by atoms with E-state index in [1.165, 1.54) is 0 Å². The maximum atomic E-state index is 11.5. The zero-order valence-corrected chi connectivity index (χ0v) is 8.23. The van der Waals surface area contributed by atoms with Gasteiger partial charge in [0.2, 0.25) is 0 Å². The fourth-order valence-electron chi connectivity index (χ4n) is 1.73. The van der Waals surface area contributed by atoms with Crippen molar-refractivity contribution < 1.29 is 0 Å². The van der Waals surface area contributed by atoms with Gasteiger partial charge in [0, 0.05) is 37.8 Å². The van der Waals surface area contributed by atoms with Crippen LogP contribution in [-0.2, 0) is 13.6 Å². The number of aromatic nitrogens is 2. The SMILES string of the molecule is Cn1ccn(CC2(CC#N)CC2)c1=O. The van der Waals surface area contributed by atoms with Crippen LogP contribution in [-0.4, -0.2) is 9.13 Å². The van der Waals surface area contributed by atoms with Gasteiger partial charge in [-0.05, 0) is 12.8 Å². The predicted octanol–water partition coefficient (Wildman–Crippen LogP) is 0.881. The molecule has 0 aromatic carbocycles. The molecule has 1 aromatic rings. The zero-order chi connectivity index (χ0) is 10.2. The maximum absolute atomic E-state index is 11.5. The van der Waals surface area contributed by atoms with Gasteiger partial charge in [-0.3, -0.25) is 4.57 Å². The van der Waals surface area contributed by atoms with Crippen molar-refractivity contribution in [2.75, 3.05) is 0 Å². The molecule has 0 radical (unpaired) electrons. The Morgan fingerprint density at radius 2 is 2.29 bits per heavy atom. The Morgan fingerprint density at radius 1 is 1.57 bits per heavy atom. The van der Waals surface area contributed by atoms with Crippen molar-refractivity contribution in [2.45, 2.75) is 25.8 Å². The van der Waals surface area contributed by atoms with Crippen LogP contribution in [0.5, 0.6) is 0 Å². The summed E-state index contributed by atoms with van der Waals surface area (Å²) in [5.41, 5.74) is 0.106. The van der Waals surface area contributed by atoms with Crippen molar-refractivity contribution in [2.24, 2.45) is 12.5 Å². The number of hydrogen-bond acceptors (Lipinski definition) is 2. The average Bonchev–Trinajstić information content (AvgIpc) is 2.85. The van der Waals surface area contributed by atoms with E-state index in [0.717, 1.165) is 12.8 Å². The lowest BCUT2D eigenvalue weighted by Gasteiger charge is -2.10. The molecule has 0 atom stereocenters. The molecule has 0 spiro atoms. The third kappa shape index (κ3) is 1.46. The summed E-state index contributed by atoms with van der Waals surface area (Å²) >= 11 is 0. The maximum Gasteiger partial charge on any atom is 0.327 e. The first-order chi connectivity index (χ1) is 6.67. The first-order valence-electron chi connectivity index (χ1n) is 4.76. The largest absolute Gasteiger partial charge is 0.327 e. The number of imidazole rings is 1. The van der Waals surface area contributed by atoms with Gasteiger partial charge < -0.3 is 4.57 Å². The van der Waals surface area contributed by atoms with E-state index in [1.54, 1.807) is 28.6 Å². The number of rotatable bonds is 3. The van der Waals surface area contributed by atoms with Crippen molar-refractivity contribution in [1.29, 1.82) is 5.26 Å². The van der Waals surface area contributed by atoms with Crippen molar-refractivity contribution in [1.82, 2.24) is 9.13 Å². The highest BCUT2D eigenvalue weighted by atomic mass is 16.1. The molecule has 4 heteroatoms. The van der Waals surface area contributed by atoms with E-state index in [0.29, 0.717) is 13.0 Å². The lowest BCUT2D eigenvalue weighted by atomic mass is 10.0. The minimum atomic E-state index is 0.00853. The normalized spacial score (nSPS) is 17.7. The summed E-state index contributed by atoms with van der Waals surface area (Å²) in [4.78, 5) is 11.5. The van der Waals surface area contributed by atoms with Gasteiger partial charge in [0.1, 0.15) is 0 Å². The second-order valence-corrected chi connectivity index (χ2v) is 4.15. The summed E-state index contributed by atoms with van der Waals surface area (Å²) in [7, 11) is 1.74. The zero-order valence-electron chi connectivity index (χ0n) is 8.23. The van der Waals surface area contributed by atoms with Crippen molar-refractivity contribution >= 4 is 0 Å². The van der Waals surface area contributed by atoms with Gasteiger partial charge in [0.25, 0.3) is 0 Å². The van der Waals surface area contributed by atoms with Crippen molar-refractivity contribution in [3.63, 3.8) is 0 Å². The molecule has 1 fully saturated rings. The number of nitriles is 1. The number of hydrogen-bond donors (Lipinski definition) is 0. The van der Waals surface area contributed by atoms with E-state index >= 15 is 0 Å². The monoisotopic (exact) mass is 191 g/mol. The molecule has 2 rings (SSSR count). The molecule has 1 heterocycles. The summed E-state index contributed by atoms with van der Waals surface area (Å²) in [5.74, 6) is 0. The molecule has 4 nitrogen and oxygen atoms in total. The van der Waals surface area contributed by atoms with Gasteiger partial charge in [0.15, 0.2) is 0 Å². The topological polar surface area (TPSA) is 50.7 Å². The van der Waals surface area contributed by atoms with Crippen LogP contribution >= 0.6 is 0 Å². The summed E-state index contributed by atoms with van der Waals surface area (Å²) in [5, 5.41) is 8.65. The van der Waals surface area contributed by atoms with E-state index in [-0.39, 0.29) is 11.1 Å². The molecule has 0 amide bonds. The molecular formula is C10H13N3O. The van der Waals surface area contributed by atoms with Crippen molar-refractivity contribution in [3.05, 3.63) is 22.9 Å². The summed E-state index contributed by atoms with van der Waals surface area (Å²) in [6.07, 6.45) is 6.25. The van der Waals surface area contributed by atoms with Gasteiger partial charge in [0.05, 0.1) is 6.07 Å². The molecule has 1 saturated carbocycles. The minimum absolute atomic E-state index is 0.00853. The van der Waals surface area contributed by atoms with Crippen molar-refractivity contribution in [3.8, 4) is 6.07 Å². The van der Waals surface area contributed by atoms with E-state index < -0.39 is 0 Å². The predicted molar refractivity (Wildman–Crippen MR) is 51.6 cm³/mol. The van der Waals surface area contributed by atoms with E-state index in [1.807, 2.05) is 0 Å². The van der Waals surface area contributed by atoms with Crippen LogP contribution in [0.1, 0.15) is 19.3 Å². The fourth-order valence-corrected chi connectivity index (χ4v) is 1.73. The summed E-state index contributed by atoms with van der Waals surface area (Å²) < 4.78 is 3.26. The summed E-state index contributed by atoms with van der Waals surface area (Å²) in [6, 6.07) is 2.19. The molecule has 1 aromatic heterocycles. The Morgan fingerprint density at radius 3 is 2.71 bits per heavy atom. The third-order valence-corrected chi connectivity index (χ3v) is 2.93. The van der Waals surface area contributed by atoms with Crippen LogP contribution in [0.2, 0.25) is 0 Å². The molecule has 0 bridgehead atoms. The lowest BCUT2D eigenvalue weighted by molar-refractivity contribution is 0.421. The Hall–Kier alpha value is -1.50. The Bertz CT molecular complexity index is 431. The molecule has 0 unspecified atom stereocenters. The Kier molecular flexibility index (Phi) is 1.95. The van der Waals surface area contributed by atoms with E-state index in [2.05, 4.69) is 6.07 Å². The van der Waals surface area contributed by atoms with Gasteiger partial charge in [-0.2, -0.15) is 5.26 Å².